The second-order valence-corrected chi connectivity index (χ2v) is 4.27. The third kappa shape index (κ3) is 1.54. The molecule has 0 aromatic heterocycles. The molecule has 0 amide bonds. The minimum absolute atomic E-state index is 0.217. The van der Waals surface area contributed by atoms with Crippen LogP contribution in [-0.4, -0.2) is 12.1 Å². The third-order valence-electron chi connectivity index (χ3n) is 2.76. The van der Waals surface area contributed by atoms with Crippen LogP contribution in [0.4, 0.5) is 4.39 Å². The lowest BCUT2D eigenvalue weighted by Crippen LogP contribution is -2.28. The van der Waals surface area contributed by atoms with Crippen molar-refractivity contribution in [2.24, 2.45) is 5.18 Å². The molecular formula is C10H11BFNO3. The summed E-state index contributed by atoms with van der Waals surface area (Å²) >= 11 is 0. The van der Waals surface area contributed by atoms with Gasteiger partial charge in [0.2, 0.25) is 0 Å². The van der Waals surface area contributed by atoms with Gasteiger partial charge in [-0.15, -0.1) is 0 Å². The standard InChI is InChI=1S/C10H11BFNO3/c1-10(2)8-7(11(14)16-10)4-3-6(5-13-15)9(8)12/h3-4,14H,5H2,1-2H3. The fourth-order valence-electron chi connectivity index (χ4n) is 2.04. The van der Waals surface area contributed by atoms with Crippen LogP contribution < -0.4 is 5.46 Å². The topological polar surface area (TPSA) is 58.9 Å². The number of hydrogen-bond acceptors (Lipinski definition) is 4. The zero-order valence-corrected chi connectivity index (χ0v) is 9.03. The van der Waals surface area contributed by atoms with Gasteiger partial charge in [-0.1, -0.05) is 17.3 Å². The maximum Gasteiger partial charge on any atom is 0.492 e. The quantitative estimate of drug-likeness (QED) is 0.602. The van der Waals surface area contributed by atoms with Crippen molar-refractivity contribution in [2.75, 3.05) is 0 Å². The van der Waals surface area contributed by atoms with Crippen LogP contribution in [0.25, 0.3) is 0 Å². The highest BCUT2D eigenvalue weighted by Crippen LogP contribution is 2.33. The predicted molar refractivity (Wildman–Crippen MR) is 57.6 cm³/mol. The van der Waals surface area contributed by atoms with Gasteiger partial charge in [-0.25, -0.2) is 4.39 Å². The molecule has 4 nitrogen and oxygen atoms in total. The minimum Gasteiger partial charge on any atom is -0.423 e. The first-order valence-corrected chi connectivity index (χ1v) is 4.94. The molecule has 0 unspecified atom stereocenters. The number of fused-ring (bicyclic) bond motifs is 1. The molecule has 16 heavy (non-hydrogen) atoms. The number of nitrogens with zero attached hydrogens (tertiary/aromatic N) is 1. The largest absolute Gasteiger partial charge is 0.492 e. The number of hydrogen-bond donors (Lipinski definition) is 1. The summed E-state index contributed by atoms with van der Waals surface area (Å²) in [4.78, 5) is 10.2. The van der Waals surface area contributed by atoms with E-state index in [-0.39, 0.29) is 12.1 Å². The Morgan fingerprint density at radius 2 is 2.25 bits per heavy atom. The van der Waals surface area contributed by atoms with Crippen molar-refractivity contribution in [3.63, 3.8) is 0 Å². The Hall–Kier alpha value is -1.27. The van der Waals surface area contributed by atoms with Crippen LogP contribution in [0.1, 0.15) is 25.0 Å². The fourth-order valence-corrected chi connectivity index (χ4v) is 2.04. The van der Waals surface area contributed by atoms with Crippen LogP contribution in [0, 0.1) is 10.7 Å². The molecule has 1 aromatic carbocycles. The summed E-state index contributed by atoms with van der Waals surface area (Å²) in [6.45, 7) is 3.12. The molecule has 6 heteroatoms. The molecule has 1 aliphatic rings. The Morgan fingerprint density at radius 3 is 2.88 bits per heavy atom. The number of halogens is 1. The van der Waals surface area contributed by atoms with Gasteiger partial charge in [0.15, 0.2) is 0 Å². The van der Waals surface area contributed by atoms with Gasteiger partial charge in [-0.3, -0.25) is 0 Å². The summed E-state index contributed by atoms with van der Waals surface area (Å²) in [7, 11) is -1.11. The molecule has 0 spiro atoms. The second-order valence-electron chi connectivity index (χ2n) is 4.27. The molecule has 1 heterocycles. The van der Waals surface area contributed by atoms with Crippen LogP contribution >= 0.6 is 0 Å². The molecule has 0 saturated carbocycles. The Bertz CT molecular complexity index is 450. The summed E-state index contributed by atoms with van der Waals surface area (Å²) in [6, 6.07) is 3.02. The van der Waals surface area contributed by atoms with Crippen LogP contribution in [-0.2, 0) is 16.8 Å². The van der Waals surface area contributed by atoms with Gasteiger partial charge in [-0.2, -0.15) is 4.91 Å². The number of nitroso groups, excluding NO2 is 1. The van der Waals surface area contributed by atoms with Crippen molar-refractivity contribution >= 4 is 12.6 Å². The minimum atomic E-state index is -1.11. The van der Waals surface area contributed by atoms with Crippen LogP contribution in [0.3, 0.4) is 0 Å². The highest BCUT2D eigenvalue weighted by molar-refractivity contribution is 6.61. The Kier molecular flexibility index (Phi) is 2.55. The van der Waals surface area contributed by atoms with E-state index in [1.54, 1.807) is 19.9 Å². The summed E-state index contributed by atoms with van der Waals surface area (Å²) in [5.41, 5.74) is 0.0513. The summed E-state index contributed by atoms with van der Waals surface area (Å²) < 4.78 is 19.3. The molecular weight excluding hydrogens is 212 g/mol. The van der Waals surface area contributed by atoms with Gasteiger partial charge in [0, 0.05) is 11.1 Å². The molecule has 1 aromatic rings. The highest BCUT2D eigenvalue weighted by Gasteiger charge is 2.43. The van der Waals surface area contributed by atoms with E-state index in [2.05, 4.69) is 5.18 Å². The van der Waals surface area contributed by atoms with Crippen molar-refractivity contribution in [3.8, 4) is 0 Å². The normalized spacial score (nSPS) is 17.4. The zero-order valence-electron chi connectivity index (χ0n) is 9.03. The Labute approximate surface area is 92.5 Å². The van der Waals surface area contributed by atoms with Crippen LogP contribution in [0.15, 0.2) is 17.3 Å². The van der Waals surface area contributed by atoms with Gasteiger partial charge in [-0.05, 0) is 19.3 Å². The first kappa shape index (κ1) is 11.2. The van der Waals surface area contributed by atoms with Gasteiger partial charge < -0.3 is 9.68 Å². The Balaban J connectivity index is 2.60. The van der Waals surface area contributed by atoms with Gasteiger partial charge >= 0.3 is 7.12 Å². The molecule has 84 valence electrons. The van der Waals surface area contributed by atoms with Crippen molar-refractivity contribution in [2.45, 2.75) is 26.0 Å². The lowest BCUT2D eigenvalue weighted by molar-refractivity contribution is 0.0972. The number of rotatable bonds is 2. The van der Waals surface area contributed by atoms with E-state index in [0.717, 1.165) is 0 Å². The van der Waals surface area contributed by atoms with E-state index < -0.39 is 18.5 Å². The SMILES string of the molecule is CC1(C)OB(O)c2ccc(CN=O)c(F)c21. The molecule has 0 saturated heterocycles. The summed E-state index contributed by atoms with van der Waals surface area (Å²) in [5, 5.41) is 12.3. The smallest absolute Gasteiger partial charge is 0.423 e. The average Bonchev–Trinajstić information content (AvgIpc) is 2.42. The first-order valence-electron chi connectivity index (χ1n) is 4.94. The molecule has 0 atom stereocenters. The van der Waals surface area contributed by atoms with Gasteiger partial charge in [0.25, 0.3) is 0 Å². The zero-order chi connectivity index (χ0) is 11.9. The van der Waals surface area contributed by atoms with E-state index in [0.29, 0.717) is 11.0 Å². The van der Waals surface area contributed by atoms with Crippen molar-refractivity contribution in [3.05, 3.63) is 34.0 Å². The first-order chi connectivity index (χ1) is 7.47. The average molecular weight is 223 g/mol. The highest BCUT2D eigenvalue weighted by atomic mass is 19.1. The van der Waals surface area contributed by atoms with Gasteiger partial charge in [0.05, 0.1) is 5.60 Å². The van der Waals surface area contributed by atoms with E-state index in [1.807, 2.05) is 0 Å². The maximum atomic E-state index is 14.0. The molecule has 1 aliphatic heterocycles. The van der Waals surface area contributed by atoms with E-state index in [1.165, 1.54) is 6.07 Å². The summed E-state index contributed by atoms with van der Waals surface area (Å²) in [5.74, 6) is -0.515. The van der Waals surface area contributed by atoms with Crippen molar-refractivity contribution < 1.29 is 14.1 Å². The van der Waals surface area contributed by atoms with E-state index in [4.69, 9.17) is 4.65 Å². The molecule has 0 fully saturated rings. The van der Waals surface area contributed by atoms with Crippen LogP contribution in [0.5, 0.6) is 0 Å². The molecule has 0 radical (unpaired) electrons. The summed E-state index contributed by atoms with van der Waals surface area (Å²) in [6.07, 6.45) is 0. The van der Waals surface area contributed by atoms with E-state index >= 15 is 0 Å². The predicted octanol–water partition coefficient (Wildman–Crippen LogP) is 1.04. The fraction of sp³-hybridized carbons (Fsp3) is 0.400. The van der Waals surface area contributed by atoms with Crippen molar-refractivity contribution in [1.29, 1.82) is 0 Å². The monoisotopic (exact) mass is 223 g/mol. The molecule has 0 bridgehead atoms. The Morgan fingerprint density at radius 1 is 1.56 bits per heavy atom. The van der Waals surface area contributed by atoms with E-state index in [9.17, 15) is 14.3 Å². The molecule has 2 rings (SSSR count). The van der Waals surface area contributed by atoms with Crippen LogP contribution in [0.2, 0.25) is 0 Å². The molecule has 1 N–H and O–H groups in total. The second kappa shape index (κ2) is 3.64. The lowest BCUT2D eigenvalue weighted by Gasteiger charge is -2.20. The number of benzene rings is 1. The lowest BCUT2D eigenvalue weighted by atomic mass is 9.77. The van der Waals surface area contributed by atoms with Crippen molar-refractivity contribution in [1.82, 2.24) is 0 Å². The van der Waals surface area contributed by atoms with Gasteiger partial charge in [0.1, 0.15) is 12.4 Å². The maximum absolute atomic E-state index is 14.0. The molecule has 0 aliphatic carbocycles. The third-order valence-corrected chi connectivity index (χ3v) is 2.76.